The van der Waals surface area contributed by atoms with Gasteiger partial charge in [-0.05, 0) is 56.3 Å². The maximum atomic E-state index is 13.1. The van der Waals surface area contributed by atoms with Crippen molar-refractivity contribution < 1.29 is 23.9 Å². The number of rotatable bonds is 5. The van der Waals surface area contributed by atoms with Crippen LogP contribution in [0.15, 0.2) is 35.7 Å². The molecule has 2 aliphatic heterocycles. The van der Waals surface area contributed by atoms with Gasteiger partial charge in [-0.25, -0.2) is 4.79 Å². The third-order valence-electron chi connectivity index (χ3n) is 5.85. The fourth-order valence-corrected chi connectivity index (χ4v) is 4.88. The minimum Gasteiger partial charge on any atom is -0.450 e. The van der Waals surface area contributed by atoms with Crippen molar-refractivity contribution in [1.82, 2.24) is 15.1 Å². The van der Waals surface area contributed by atoms with E-state index in [9.17, 15) is 19.2 Å². The number of carbonyl (C=O) groups excluding carboxylic acids is 4. The van der Waals surface area contributed by atoms with E-state index >= 15 is 0 Å². The average Bonchev–Trinajstić information content (AvgIpc) is 3.41. The van der Waals surface area contributed by atoms with Gasteiger partial charge >= 0.3 is 6.09 Å². The number of hydrogen-bond donors (Lipinski definition) is 1. The van der Waals surface area contributed by atoms with Gasteiger partial charge in [0.05, 0.1) is 23.8 Å². The number of benzene rings is 1. The third-order valence-corrected chi connectivity index (χ3v) is 6.91. The second-order valence-corrected chi connectivity index (χ2v) is 8.85. The lowest BCUT2D eigenvalue weighted by molar-refractivity contribution is 0.0485. The number of fused-ring (bicyclic) bond motifs is 1. The van der Waals surface area contributed by atoms with Gasteiger partial charge in [-0.15, -0.1) is 11.3 Å². The molecule has 0 radical (unpaired) electrons. The van der Waals surface area contributed by atoms with Crippen molar-refractivity contribution in [1.29, 1.82) is 0 Å². The third kappa shape index (κ3) is 4.12. The standard InChI is InChI=1S/C23H25N3O5S/c1-3-31-23(30)25-10-8-16(9-11-25)26-21(28)17-7-6-15(13-18(17)22(26)29)20(27)24-14(2)19-5-4-12-32-19/h4-7,12-14,16H,3,8-11H2,1-2H3,(H,24,27)/t14-/m1/s1. The van der Waals surface area contributed by atoms with E-state index in [1.165, 1.54) is 11.0 Å². The highest BCUT2D eigenvalue weighted by Crippen LogP contribution is 2.30. The molecule has 1 atom stereocenters. The maximum Gasteiger partial charge on any atom is 0.409 e. The summed E-state index contributed by atoms with van der Waals surface area (Å²) >= 11 is 1.56. The Balaban J connectivity index is 1.45. The van der Waals surface area contributed by atoms with E-state index in [0.717, 1.165) is 4.88 Å². The first-order valence-corrected chi connectivity index (χ1v) is 11.6. The van der Waals surface area contributed by atoms with Crippen LogP contribution in [0.1, 0.15) is 68.7 Å². The topological polar surface area (TPSA) is 96.0 Å². The molecule has 32 heavy (non-hydrogen) atoms. The van der Waals surface area contributed by atoms with Gasteiger partial charge in [0.2, 0.25) is 0 Å². The van der Waals surface area contributed by atoms with Gasteiger partial charge in [-0.2, -0.15) is 0 Å². The summed E-state index contributed by atoms with van der Waals surface area (Å²) in [5.41, 5.74) is 0.900. The van der Waals surface area contributed by atoms with Crippen LogP contribution >= 0.6 is 11.3 Å². The molecule has 8 nitrogen and oxygen atoms in total. The average molecular weight is 456 g/mol. The van der Waals surface area contributed by atoms with Crippen LogP contribution in [0, 0.1) is 0 Å². The molecule has 2 aliphatic rings. The van der Waals surface area contributed by atoms with E-state index in [2.05, 4.69) is 5.32 Å². The highest BCUT2D eigenvalue weighted by molar-refractivity contribution is 7.10. The van der Waals surface area contributed by atoms with Crippen LogP contribution in [-0.4, -0.2) is 59.4 Å². The number of likely N-dealkylation sites (tertiary alicyclic amines) is 1. The van der Waals surface area contributed by atoms with Crippen molar-refractivity contribution in [3.8, 4) is 0 Å². The highest BCUT2D eigenvalue weighted by Gasteiger charge is 2.41. The number of ether oxygens (including phenoxy) is 1. The van der Waals surface area contributed by atoms with E-state index in [0.29, 0.717) is 43.7 Å². The zero-order chi connectivity index (χ0) is 22.8. The lowest BCUT2D eigenvalue weighted by atomic mass is 10.0. The number of thiophene rings is 1. The van der Waals surface area contributed by atoms with Crippen LogP contribution in [0.4, 0.5) is 4.79 Å². The Kier molecular flexibility index (Phi) is 6.27. The zero-order valence-electron chi connectivity index (χ0n) is 18.0. The fourth-order valence-electron chi connectivity index (χ4n) is 4.14. The van der Waals surface area contributed by atoms with E-state index < -0.39 is 0 Å². The second-order valence-electron chi connectivity index (χ2n) is 7.87. The summed E-state index contributed by atoms with van der Waals surface area (Å²) < 4.78 is 5.02. The van der Waals surface area contributed by atoms with Crippen molar-refractivity contribution in [2.75, 3.05) is 19.7 Å². The van der Waals surface area contributed by atoms with Crippen LogP contribution < -0.4 is 5.32 Å². The minimum absolute atomic E-state index is 0.158. The molecule has 4 rings (SSSR count). The summed E-state index contributed by atoms with van der Waals surface area (Å²) in [5.74, 6) is -1.03. The number of piperidine rings is 1. The van der Waals surface area contributed by atoms with E-state index in [1.54, 1.807) is 35.3 Å². The molecule has 9 heteroatoms. The molecule has 1 N–H and O–H groups in total. The molecule has 1 aromatic carbocycles. The molecule has 0 bridgehead atoms. The lowest BCUT2D eigenvalue weighted by Crippen LogP contribution is -2.48. The lowest BCUT2D eigenvalue weighted by Gasteiger charge is -2.35. The maximum absolute atomic E-state index is 13.1. The summed E-state index contributed by atoms with van der Waals surface area (Å²) in [4.78, 5) is 54.5. The molecule has 1 fully saturated rings. The molecular formula is C23H25N3O5S. The predicted octanol–water partition coefficient (Wildman–Crippen LogP) is 3.46. The Labute approximate surface area is 190 Å². The normalized spacial score (nSPS) is 17.3. The van der Waals surface area contributed by atoms with Crippen LogP contribution in [-0.2, 0) is 4.74 Å². The Bertz CT molecular complexity index is 1040. The van der Waals surface area contributed by atoms with Crippen molar-refractivity contribution >= 4 is 35.2 Å². The van der Waals surface area contributed by atoms with Crippen molar-refractivity contribution in [2.45, 2.75) is 38.8 Å². The molecule has 3 heterocycles. The Hall–Kier alpha value is -3.20. The fraction of sp³-hybridized carbons (Fsp3) is 0.391. The summed E-state index contributed by atoms with van der Waals surface area (Å²) in [6.07, 6.45) is 0.618. The van der Waals surface area contributed by atoms with Crippen molar-refractivity contribution in [2.24, 2.45) is 0 Å². The van der Waals surface area contributed by atoms with Crippen LogP contribution in [0.25, 0.3) is 0 Å². The number of imide groups is 1. The van der Waals surface area contributed by atoms with E-state index in [1.807, 2.05) is 24.4 Å². The summed E-state index contributed by atoms with van der Waals surface area (Å²) in [7, 11) is 0. The van der Waals surface area contributed by atoms with Crippen molar-refractivity contribution in [3.05, 3.63) is 57.3 Å². The summed E-state index contributed by atoms with van der Waals surface area (Å²) in [6, 6.07) is 8.05. The molecule has 0 saturated carbocycles. The van der Waals surface area contributed by atoms with Crippen LogP contribution in [0.5, 0.6) is 0 Å². The number of nitrogens with zero attached hydrogens (tertiary/aromatic N) is 2. The SMILES string of the molecule is CCOC(=O)N1CCC(N2C(=O)c3ccc(C(=O)N[C@H](C)c4cccs4)cc3C2=O)CC1. The number of hydrogen-bond acceptors (Lipinski definition) is 6. The molecule has 1 saturated heterocycles. The van der Waals surface area contributed by atoms with Crippen LogP contribution in [0.3, 0.4) is 0 Å². The number of amides is 4. The molecule has 2 aromatic rings. The van der Waals surface area contributed by atoms with Gasteiger partial charge in [0.15, 0.2) is 0 Å². The Morgan fingerprint density at radius 1 is 1.16 bits per heavy atom. The van der Waals surface area contributed by atoms with E-state index in [-0.39, 0.29) is 41.5 Å². The minimum atomic E-state index is -0.388. The monoisotopic (exact) mass is 455 g/mol. The smallest absolute Gasteiger partial charge is 0.409 e. The number of nitrogens with one attached hydrogen (secondary N) is 1. The first kappa shape index (κ1) is 22.0. The molecule has 168 valence electrons. The van der Waals surface area contributed by atoms with Gasteiger partial charge in [0.25, 0.3) is 17.7 Å². The summed E-state index contributed by atoms with van der Waals surface area (Å²) in [5, 5.41) is 4.88. The second kappa shape index (κ2) is 9.12. The molecule has 1 aromatic heterocycles. The molecular weight excluding hydrogens is 430 g/mol. The molecule has 0 spiro atoms. The largest absolute Gasteiger partial charge is 0.450 e. The van der Waals surface area contributed by atoms with Gasteiger partial charge in [-0.3, -0.25) is 19.3 Å². The molecule has 0 aliphatic carbocycles. The first-order chi connectivity index (χ1) is 15.4. The highest BCUT2D eigenvalue weighted by atomic mass is 32.1. The van der Waals surface area contributed by atoms with Gasteiger partial charge < -0.3 is 15.0 Å². The first-order valence-electron chi connectivity index (χ1n) is 10.7. The van der Waals surface area contributed by atoms with Crippen molar-refractivity contribution in [3.63, 3.8) is 0 Å². The molecule has 4 amide bonds. The van der Waals surface area contributed by atoms with Crippen LogP contribution in [0.2, 0.25) is 0 Å². The predicted molar refractivity (Wildman–Crippen MR) is 119 cm³/mol. The summed E-state index contributed by atoms with van der Waals surface area (Å²) in [6.45, 7) is 4.80. The van der Waals surface area contributed by atoms with E-state index in [4.69, 9.17) is 4.74 Å². The van der Waals surface area contributed by atoms with Gasteiger partial charge in [-0.1, -0.05) is 6.07 Å². The zero-order valence-corrected chi connectivity index (χ0v) is 18.8. The quantitative estimate of drug-likeness (QED) is 0.697. The van der Waals surface area contributed by atoms with Gasteiger partial charge in [0, 0.05) is 29.6 Å². The Morgan fingerprint density at radius 3 is 2.53 bits per heavy atom. The number of carbonyl (C=O) groups is 4. The molecule has 0 unspecified atom stereocenters. The van der Waals surface area contributed by atoms with Gasteiger partial charge in [0.1, 0.15) is 0 Å². The Morgan fingerprint density at radius 2 is 1.88 bits per heavy atom.